The fourth-order valence-electron chi connectivity index (χ4n) is 3.66. The largest absolute Gasteiger partial charge is 0.451 e. The summed E-state index contributed by atoms with van der Waals surface area (Å²) in [4.78, 5) is 13.3. The SMILES string of the molecule is O=C(c1cc2ccccc2o1)N1N=C(c2ccc(Cl)cc2)CC1c1ccc(F)cc1. The summed E-state index contributed by atoms with van der Waals surface area (Å²) in [5.41, 5.74) is 3.07. The van der Waals surface area contributed by atoms with Gasteiger partial charge in [-0.2, -0.15) is 5.10 Å². The van der Waals surface area contributed by atoms with E-state index in [1.807, 2.05) is 36.4 Å². The van der Waals surface area contributed by atoms with Crippen molar-refractivity contribution in [2.45, 2.75) is 12.5 Å². The van der Waals surface area contributed by atoms with Crippen LogP contribution in [0.4, 0.5) is 4.39 Å². The maximum absolute atomic E-state index is 13.5. The van der Waals surface area contributed by atoms with Crippen molar-refractivity contribution in [3.05, 3.63) is 107 Å². The number of halogens is 2. The highest BCUT2D eigenvalue weighted by atomic mass is 35.5. The first-order chi connectivity index (χ1) is 14.6. The van der Waals surface area contributed by atoms with E-state index in [2.05, 4.69) is 5.10 Å². The minimum Gasteiger partial charge on any atom is -0.451 e. The monoisotopic (exact) mass is 418 g/mol. The average Bonchev–Trinajstić information content (AvgIpc) is 3.39. The van der Waals surface area contributed by atoms with Crippen molar-refractivity contribution >= 4 is 34.2 Å². The number of rotatable bonds is 3. The lowest BCUT2D eigenvalue weighted by Crippen LogP contribution is -2.26. The van der Waals surface area contributed by atoms with Gasteiger partial charge in [0.1, 0.15) is 11.4 Å². The molecule has 0 aliphatic carbocycles. The lowest BCUT2D eigenvalue weighted by atomic mass is 9.98. The van der Waals surface area contributed by atoms with Crippen LogP contribution in [0.3, 0.4) is 0 Å². The van der Waals surface area contributed by atoms with Crippen molar-refractivity contribution in [2.75, 3.05) is 0 Å². The van der Waals surface area contributed by atoms with E-state index >= 15 is 0 Å². The zero-order chi connectivity index (χ0) is 20.7. The number of benzene rings is 3. The van der Waals surface area contributed by atoms with Gasteiger partial charge >= 0.3 is 5.91 Å². The maximum atomic E-state index is 13.5. The Balaban J connectivity index is 1.55. The molecule has 1 aromatic heterocycles. The number of hydrogen-bond donors (Lipinski definition) is 0. The third-order valence-corrected chi connectivity index (χ3v) is 5.44. The summed E-state index contributed by atoms with van der Waals surface area (Å²) in [7, 11) is 0. The molecule has 0 saturated heterocycles. The van der Waals surface area contributed by atoms with Gasteiger partial charge < -0.3 is 4.42 Å². The van der Waals surface area contributed by atoms with E-state index in [0.717, 1.165) is 22.2 Å². The van der Waals surface area contributed by atoms with E-state index in [-0.39, 0.29) is 23.5 Å². The number of hydrazone groups is 1. The molecule has 0 spiro atoms. The van der Waals surface area contributed by atoms with Crippen LogP contribution >= 0.6 is 11.6 Å². The number of fused-ring (bicyclic) bond motifs is 1. The molecule has 0 saturated carbocycles. The smallest absolute Gasteiger partial charge is 0.310 e. The predicted octanol–water partition coefficient (Wildman–Crippen LogP) is 6.22. The van der Waals surface area contributed by atoms with Gasteiger partial charge in [-0.15, -0.1) is 0 Å². The zero-order valence-corrected chi connectivity index (χ0v) is 16.5. The fourth-order valence-corrected chi connectivity index (χ4v) is 3.79. The lowest BCUT2D eigenvalue weighted by molar-refractivity contribution is 0.0681. The molecule has 1 amide bonds. The molecule has 3 aromatic carbocycles. The first kappa shape index (κ1) is 18.6. The first-order valence-electron chi connectivity index (χ1n) is 9.49. The van der Waals surface area contributed by atoms with Crippen LogP contribution in [0.25, 0.3) is 11.0 Å². The molecule has 0 fully saturated rings. The number of amides is 1. The molecule has 30 heavy (non-hydrogen) atoms. The number of para-hydroxylation sites is 1. The predicted molar refractivity (Wildman–Crippen MR) is 114 cm³/mol. The van der Waals surface area contributed by atoms with Crippen LogP contribution in [0.5, 0.6) is 0 Å². The van der Waals surface area contributed by atoms with Gasteiger partial charge in [0.05, 0.1) is 11.8 Å². The summed E-state index contributed by atoms with van der Waals surface area (Å²) >= 11 is 6.00. The molecule has 1 unspecified atom stereocenters. The highest BCUT2D eigenvalue weighted by Gasteiger charge is 2.35. The number of carbonyl (C=O) groups excluding carboxylic acids is 1. The molecule has 2 heterocycles. The van der Waals surface area contributed by atoms with Crippen LogP contribution in [0.2, 0.25) is 5.02 Å². The van der Waals surface area contributed by atoms with E-state index in [9.17, 15) is 9.18 Å². The van der Waals surface area contributed by atoms with Crippen molar-refractivity contribution in [1.29, 1.82) is 0 Å². The summed E-state index contributed by atoms with van der Waals surface area (Å²) in [5, 5.41) is 7.52. The van der Waals surface area contributed by atoms with Crippen LogP contribution in [-0.2, 0) is 0 Å². The second-order valence-electron chi connectivity index (χ2n) is 7.12. The van der Waals surface area contributed by atoms with E-state index in [1.54, 1.807) is 30.3 Å². The highest BCUT2D eigenvalue weighted by molar-refractivity contribution is 6.30. The molecule has 5 rings (SSSR count). The van der Waals surface area contributed by atoms with Crippen LogP contribution in [0, 0.1) is 5.82 Å². The zero-order valence-electron chi connectivity index (χ0n) is 15.8. The topological polar surface area (TPSA) is 45.8 Å². The third kappa shape index (κ3) is 3.37. The number of furan rings is 1. The Morgan fingerprint density at radius 1 is 1.03 bits per heavy atom. The standard InChI is InChI=1S/C24H16ClFN2O2/c25-18-9-5-15(6-10-18)20-14-21(16-7-11-19(26)12-8-16)28(27-20)24(29)23-13-17-3-1-2-4-22(17)30-23/h1-13,21H,14H2. The molecule has 0 N–H and O–H groups in total. The maximum Gasteiger partial charge on any atom is 0.310 e. The Kier molecular flexibility index (Phi) is 4.60. The summed E-state index contributed by atoms with van der Waals surface area (Å²) in [6.07, 6.45) is 0.499. The van der Waals surface area contributed by atoms with Crippen molar-refractivity contribution in [1.82, 2.24) is 5.01 Å². The van der Waals surface area contributed by atoms with Crippen molar-refractivity contribution in [3.8, 4) is 0 Å². The second kappa shape index (κ2) is 7.43. The van der Waals surface area contributed by atoms with E-state index in [0.29, 0.717) is 17.0 Å². The third-order valence-electron chi connectivity index (χ3n) is 5.19. The van der Waals surface area contributed by atoms with Gasteiger partial charge in [0, 0.05) is 16.8 Å². The van der Waals surface area contributed by atoms with Gasteiger partial charge in [0.2, 0.25) is 0 Å². The summed E-state index contributed by atoms with van der Waals surface area (Å²) in [5.74, 6) is -0.459. The molecule has 1 aliphatic rings. The van der Waals surface area contributed by atoms with Gasteiger partial charge in [-0.25, -0.2) is 9.40 Å². The van der Waals surface area contributed by atoms with Crippen LogP contribution < -0.4 is 0 Å². The van der Waals surface area contributed by atoms with Gasteiger partial charge in [0.25, 0.3) is 0 Å². The quantitative estimate of drug-likeness (QED) is 0.396. The van der Waals surface area contributed by atoms with Crippen molar-refractivity contribution in [2.24, 2.45) is 5.10 Å². The lowest BCUT2D eigenvalue weighted by Gasteiger charge is -2.21. The normalized spacial score (nSPS) is 16.1. The van der Waals surface area contributed by atoms with Gasteiger partial charge in [-0.05, 0) is 47.5 Å². The van der Waals surface area contributed by atoms with Crippen molar-refractivity contribution in [3.63, 3.8) is 0 Å². The van der Waals surface area contributed by atoms with Crippen LogP contribution in [0.15, 0.2) is 88.4 Å². The van der Waals surface area contributed by atoms with E-state index in [4.69, 9.17) is 16.0 Å². The molecule has 0 radical (unpaired) electrons. The van der Waals surface area contributed by atoms with E-state index in [1.165, 1.54) is 17.1 Å². The van der Waals surface area contributed by atoms with Crippen molar-refractivity contribution < 1.29 is 13.6 Å². The molecule has 1 atom stereocenters. The Labute approximate surface area is 177 Å². The molecule has 148 valence electrons. The molecule has 1 aliphatic heterocycles. The second-order valence-corrected chi connectivity index (χ2v) is 7.56. The average molecular weight is 419 g/mol. The van der Waals surface area contributed by atoms with Gasteiger partial charge in [-0.3, -0.25) is 4.79 Å². The van der Waals surface area contributed by atoms with E-state index < -0.39 is 0 Å². The molecule has 4 aromatic rings. The number of nitrogens with zero attached hydrogens (tertiary/aromatic N) is 2. The Hall–Kier alpha value is -3.44. The minimum absolute atomic E-state index is 0.212. The number of carbonyl (C=O) groups is 1. The van der Waals surface area contributed by atoms with Gasteiger partial charge in [-0.1, -0.05) is 54.1 Å². The van der Waals surface area contributed by atoms with Gasteiger partial charge in [0.15, 0.2) is 5.76 Å². The molecular weight excluding hydrogens is 403 g/mol. The first-order valence-corrected chi connectivity index (χ1v) is 9.87. The molecular formula is C24H16ClFN2O2. The highest BCUT2D eigenvalue weighted by Crippen LogP contribution is 2.35. The van der Waals surface area contributed by atoms with Crippen LogP contribution in [-0.4, -0.2) is 16.6 Å². The molecule has 6 heteroatoms. The van der Waals surface area contributed by atoms with Crippen LogP contribution in [0.1, 0.15) is 34.1 Å². The molecule has 0 bridgehead atoms. The summed E-state index contributed by atoms with van der Waals surface area (Å²) in [6.45, 7) is 0. The Morgan fingerprint density at radius 2 is 1.77 bits per heavy atom. The number of hydrogen-bond acceptors (Lipinski definition) is 3. The Morgan fingerprint density at radius 3 is 2.50 bits per heavy atom. The summed E-state index contributed by atoms with van der Waals surface area (Å²) < 4.78 is 19.2. The fraction of sp³-hybridized carbons (Fsp3) is 0.0833. The summed E-state index contributed by atoms with van der Waals surface area (Å²) in [6, 6.07) is 22.3. The Bertz CT molecular complexity index is 1230. The molecule has 4 nitrogen and oxygen atoms in total. The minimum atomic E-state index is -0.364.